The number of pyridine rings is 1. The highest BCUT2D eigenvalue weighted by Crippen LogP contribution is 2.31. The molecule has 2 aromatic heterocycles. The molecule has 1 saturated heterocycles. The summed E-state index contributed by atoms with van der Waals surface area (Å²) in [6.07, 6.45) is 3.94. The molecule has 1 atom stereocenters. The van der Waals surface area contributed by atoms with Gasteiger partial charge >= 0.3 is 0 Å². The Morgan fingerprint density at radius 1 is 1.44 bits per heavy atom. The monoisotopic (exact) mass is 246 g/mol. The van der Waals surface area contributed by atoms with E-state index in [0.717, 1.165) is 37.2 Å². The van der Waals surface area contributed by atoms with Crippen molar-refractivity contribution in [1.29, 1.82) is 0 Å². The van der Waals surface area contributed by atoms with Gasteiger partial charge in [0.25, 0.3) is 0 Å². The molecule has 1 aliphatic heterocycles. The molecule has 5 heteroatoms. The van der Waals surface area contributed by atoms with Crippen molar-refractivity contribution in [1.82, 2.24) is 14.5 Å². The molecular formula is C13H18N4O. The fourth-order valence-corrected chi connectivity index (χ4v) is 2.76. The molecular weight excluding hydrogens is 228 g/mol. The molecule has 5 nitrogen and oxygen atoms in total. The smallest absolute Gasteiger partial charge is 0.202 e. The van der Waals surface area contributed by atoms with Crippen molar-refractivity contribution >= 4 is 17.1 Å². The summed E-state index contributed by atoms with van der Waals surface area (Å²) in [5.74, 6) is 1.14. The number of hydrogen-bond acceptors (Lipinski definition) is 4. The second-order valence-corrected chi connectivity index (χ2v) is 4.88. The van der Waals surface area contributed by atoms with Crippen LogP contribution >= 0.6 is 0 Å². The molecule has 3 heterocycles. The maximum absolute atomic E-state index is 6.04. The lowest BCUT2D eigenvalue weighted by molar-refractivity contribution is 0.0521. The molecule has 0 bridgehead atoms. The highest BCUT2D eigenvalue weighted by atomic mass is 16.5. The molecule has 3 rings (SSSR count). The first kappa shape index (κ1) is 11.5. The number of nitrogen functional groups attached to an aromatic ring is 1. The molecule has 0 aliphatic carbocycles. The number of hydrogen-bond donors (Lipinski definition) is 1. The highest BCUT2D eigenvalue weighted by Gasteiger charge is 2.25. The van der Waals surface area contributed by atoms with Crippen LogP contribution in [0.5, 0.6) is 0 Å². The number of ether oxygens (including phenoxy) is 1. The summed E-state index contributed by atoms with van der Waals surface area (Å²) in [5, 5.41) is 0. The van der Waals surface area contributed by atoms with Crippen LogP contribution in [0.2, 0.25) is 0 Å². The molecule has 2 aromatic rings. The number of nitrogens with zero attached hydrogens (tertiary/aromatic N) is 3. The molecule has 2 N–H and O–H groups in total. The topological polar surface area (TPSA) is 66.0 Å². The Balaban J connectivity index is 1.99. The van der Waals surface area contributed by atoms with E-state index >= 15 is 0 Å². The van der Waals surface area contributed by atoms with E-state index in [0.29, 0.717) is 17.9 Å². The van der Waals surface area contributed by atoms with Gasteiger partial charge in [0.05, 0.1) is 0 Å². The van der Waals surface area contributed by atoms with Crippen molar-refractivity contribution in [2.75, 3.05) is 18.9 Å². The molecule has 1 aliphatic rings. The zero-order valence-corrected chi connectivity index (χ0v) is 10.5. The normalized spacial score (nSPS) is 19.2. The average Bonchev–Trinajstić information content (AvgIpc) is 2.75. The minimum atomic E-state index is 0.314. The first-order chi connectivity index (χ1) is 8.77. The number of aromatic nitrogens is 3. The van der Waals surface area contributed by atoms with Gasteiger partial charge in [-0.2, -0.15) is 0 Å². The molecule has 1 fully saturated rings. The first-order valence-corrected chi connectivity index (χ1v) is 6.43. The summed E-state index contributed by atoms with van der Waals surface area (Å²) in [5.41, 5.74) is 7.79. The third-order valence-electron chi connectivity index (χ3n) is 3.83. The van der Waals surface area contributed by atoms with Crippen LogP contribution in [-0.4, -0.2) is 27.7 Å². The quantitative estimate of drug-likeness (QED) is 0.880. The van der Waals surface area contributed by atoms with E-state index in [9.17, 15) is 0 Å². The minimum absolute atomic E-state index is 0.314. The molecule has 0 spiro atoms. The van der Waals surface area contributed by atoms with Crippen molar-refractivity contribution in [3.05, 3.63) is 18.3 Å². The summed E-state index contributed by atoms with van der Waals surface area (Å²) in [6, 6.07) is 4.15. The lowest BCUT2D eigenvalue weighted by atomic mass is 9.93. The summed E-state index contributed by atoms with van der Waals surface area (Å²) < 4.78 is 7.47. The van der Waals surface area contributed by atoms with Crippen molar-refractivity contribution in [3.8, 4) is 0 Å². The number of imidazole rings is 1. The van der Waals surface area contributed by atoms with Gasteiger partial charge in [-0.05, 0) is 37.8 Å². The van der Waals surface area contributed by atoms with Gasteiger partial charge in [-0.3, -0.25) is 4.57 Å². The molecule has 18 heavy (non-hydrogen) atoms. The van der Waals surface area contributed by atoms with E-state index in [2.05, 4.69) is 21.5 Å². The Morgan fingerprint density at radius 2 is 2.22 bits per heavy atom. The predicted molar refractivity (Wildman–Crippen MR) is 70.2 cm³/mol. The lowest BCUT2D eigenvalue weighted by Crippen LogP contribution is -2.25. The van der Waals surface area contributed by atoms with Crippen LogP contribution in [0.4, 0.5) is 5.95 Å². The Hall–Kier alpha value is -1.62. The second-order valence-electron chi connectivity index (χ2n) is 4.88. The van der Waals surface area contributed by atoms with Crippen LogP contribution in [-0.2, 0) is 4.74 Å². The Bertz CT molecular complexity index is 545. The maximum atomic E-state index is 6.04. The van der Waals surface area contributed by atoms with E-state index in [1.807, 2.05) is 12.1 Å². The number of rotatable bonds is 2. The van der Waals surface area contributed by atoms with Gasteiger partial charge in [-0.25, -0.2) is 9.97 Å². The van der Waals surface area contributed by atoms with Crippen molar-refractivity contribution < 1.29 is 4.74 Å². The Labute approximate surface area is 106 Å². The lowest BCUT2D eigenvalue weighted by Gasteiger charge is -2.29. The average molecular weight is 246 g/mol. The van der Waals surface area contributed by atoms with Crippen LogP contribution in [0.25, 0.3) is 11.2 Å². The van der Waals surface area contributed by atoms with E-state index in [1.165, 1.54) is 0 Å². The van der Waals surface area contributed by atoms with E-state index in [1.54, 1.807) is 6.20 Å². The van der Waals surface area contributed by atoms with Crippen molar-refractivity contribution in [3.63, 3.8) is 0 Å². The maximum Gasteiger partial charge on any atom is 0.202 e. The number of nitrogens with two attached hydrogens (primary N) is 1. The van der Waals surface area contributed by atoms with Crippen LogP contribution < -0.4 is 5.73 Å². The van der Waals surface area contributed by atoms with E-state index < -0.39 is 0 Å². The Morgan fingerprint density at radius 3 is 3.00 bits per heavy atom. The molecule has 0 saturated carbocycles. The van der Waals surface area contributed by atoms with Crippen molar-refractivity contribution in [2.24, 2.45) is 5.92 Å². The van der Waals surface area contributed by atoms with Crippen LogP contribution in [0.3, 0.4) is 0 Å². The van der Waals surface area contributed by atoms with Gasteiger partial charge in [0.2, 0.25) is 5.95 Å². The van der Waals surface area contributed by atoms with E-state index in [-0.39, 0.29) is 0 Å². The van der Waals surface area contributed by atoms with Crippen LogP contribution in [0.15, 0.2) is 18.3 Å². The minimum Gasteiger partial charge on any atom is -0.381 e. The molecule has 0 amide bonds. The zero-order chi connectivity index (χ0) is 12.5. The van der Waals surface area contributed by atoms with Crippen LogP contribution in [0, 0.1) is 5.92 Å². The summed E-state index contributed by atoms with van der Waals surface area (Å²) >= 11 is 0. The van der Waals surface area contributed by atoms with Crippen molar-refractivity contribution in [2.45, 2.75) is 25.8 Å². The summed E-state index contributed by atoms with van der Waals surface area (Å²) in [4.78, 5) is 8.78. The van der Waals surface area contributed by atoms with Gasteiger partial charge in [0.15, 0.2) is 5.65 Å². The fraction of sp³-hybridized carbons (Fsp3) is 0.538. The predicted octanol–water partition coefficient (Wildman–Crippen LogP) is 2.00. The third kappa shape index (κ3) is 1.84. The Kier molecular flexibility index (Phi) is 2.91. The molecule has 96 valence electrons. The SMILES string of the molecule is CC(C1CCOCC1)n1c(N)nc2cccnc21. The third-order valence-corrected chi connectivity index (χ3v) is 3.83. The standard InChI is InChI=1S/C13H18N4O/c1-9(10-4-7-18-8-5-10)17-12-11(16-13(17)14)3-2-6-15-12/h2-3,6,9-10H,4-5,7-8H2,1H3,(H2,14,16). The summed E-state index contributed by atoms with van der Waals surface area (Å²) in [7, 11) is 0. The van der Waals surface area contributed by atoms with Gasteiger partial charge in [0, 0.05) is 25.5 Å². The molecule has 0 radical (unpaired) electrons. The van der Waals surface area contributed by atoms with Gasteiger partial charge in [0.1, 0.15) is 5.52 Å². The second kappa shape index (κ2) is 4.57. The first-order valence-electron chi connectivity index (χ1n) is 6.43. The zero-order valence-electron chi connectivity index (χ0n) is 10.5. The van der Waals surface area contributed by atoms with E-state index in [4.69, 9.17) is 10.5 Å². The number of anilines is 1. The van der Waals surface area contributed by atoms with Gasteiger partial charge in [-0.1, -0.05) is 0 Å². The molecule has 0 aromatic carbocycles. The van der Waals surface area contributed by atoms with Gasteiger partial charge in [-0.15, -0.1) is 0 Å². The highest BCUT2D eigenvalue weighted by molar-refractivity contribution is 5.73. The van der Waals surface area contributed by atoms with Gasteiger partial charge < -0.3 is 10.5 Å². The largest absolute Gasteiger partial charge is 0.381 e. The summed E-state index contributed by atoms with van der Waals surface area (Å²) in [6.45, 7) is 3.88. The van der Waals surface area contributed by atoms with Crippen LogP contribution in [0.1, 0.15) is 25.8 Å². The number of fused-ring (bicyclic) bond motifs is 1. The fourth-order valence-electron chi connectivity index (χ4n) is 2.76. The molecule has 1 unspecified atom stereocenters.